The van der Waals surface area contributed by atoms with Crippen molar-refractivity contribution in [2.24, 2.45) is 39.2 Å². The summed E-state index contributed by atoms with van der Waals surface area (Å²) in [6.45, 7) is 17.9. The van der Waals surface area contributed by atoms with Crippen LogP contribution in [-0.2, 0) is 22.6 Å². The topological polar surface area (TPSA) is 112 Å². The number of hydrogen-bond acceptors (Lipinski definition) is 5. The number of amidine groups is 2. The summed E-state index contributed by atoms with van der Waals surface area (Å²) in [4.78, 5) is 19.7. The quantitative estimate of drug-likeness (QED) is 0.0680. The van der Waals surface area contributed by atoms with E-state index in [-0.39, 0.29) is 75.1 Å². The van der Waals surface area contributed by atoms with Crippen molar-refractivity contribution < 1.29 is 49.8 Å². The smallest absolute Gasteiger partial charge is 0.654 e. The minimum Gasteiger partial charge on any atom is -0.654 e. The molecule has 0 spiro atoms. The molecule has 1 aliphatic rings. The molecular formula is C38H53FN4O3U. The Morgan fingerprint density at radius 1 is 1.06 bits per heavy atom. The molecule has 1 atom stereocenters. The molecule has 0 saturated heterocycles. The summed E-state index contributed by atoms with van der Waals surface area (Å²) >= 11 is 0. The van der Waals surface area contributed by atoms with E-state index in [1.54, 1.807) is 13.0 Å². The Labute approximate surface area is 305 Å². The van der Waals surface area contributed by atoms with Gasteiger partial charge in [0, 0.05) is 29.2 Å². The number of nitrogens with two attached hydrogens (primary N) is 2. The van der Waals surface area contributed by atoms with Gasteiger partial charge in [0.2, 0.25) is 0 Å². The molecule has 2 aromatic carbocycles. The first kappa shape index (κ1) is 40.5. The third-order valence-corrected chi connectivity index (χ3v) is 8.80. The fraction of sp³-hybridized carbons (Fsp3) is 0.526. The van der Waals surface area contributed by atoms with Gasteiger partial charge >= 0.3 is 31.1 Å². The second-order valence-corrected chi connectivity index (χ2v) is 13.0. The van der Waals surface area contributed by atoms with Crippen molar-refractivity contribution in [3.8, 4) is 16.9 Å². The minimum absolute atomic E-state index is 0. The van der Waals surface area contributed by atoms with Gasteiger partial charge in [-0.1, -0.05) is 71.6 Å². The molecule has 0 bridgehead atoms. The van der Waals surface area contributed by atoms with Gasteiger partial charge < -0.3 is 32.7 Å². The molecule has 0 radical (unpaired) electrons. The third kappa shape index (κ3) is 12.7. The second-order valence-electron chi connectivity index (χ2n) is 13.0. The van der Waals surface area contributed by atoms with Gasteiger partial charge in [-0.2, -0.15) is 0 Å². The molecule has 1 unspecified atom stereocenters. The monoisotopic (exact) mass is 870 g/mol. The number of halogens is 1. The number of nitrogens with zero attached hydrogens (tertiary/aromatic N) is 2. The molecule has 0 amide bonds. The van der Waals surface area contributed by atoms with E-state index < -0.39 is 0 Å². The fourth-order valence-corrected chi connectivity index (χ4v) is 5.88. The molecule has 7 nitrogen and oxygen atoms in total. The van der Waals surface area contributed by atoms with E-state index in [1.807, 2.05) is 32.0 Å². The van der Waals surface area contributed by atoms with E-state index >= 15 is 4.39 Å². The van der Waals surface area contributed by atoms with E-state index in [4.69, 9.17) is 20.9 Å². The molecule has 4 N–H and O–H groups in total. The third-order valence-electron chi connectivity index (χ3n) is 8.80. The number of rotatable bonds is 18. The Balaban J connectivity index is 0.00000768. The van der Waals surface area contributed by atoms with Crippen LogP contribution in [0, 0.1) is 61.6 Å². The Kier molecular flexibility index (Phi) is 17.8. The summed E-state index contributed by atoms with van der Waals surface area (Å²) in [5.41, 5.74) is 16.6. The van der Waals surface area contributed by atoms with Crippen molar-refractivity contribution in [2.45, 2.75) is 98.1 Å². The number of carbonyl (C=O) groups excluding carboxylic acids is 1. The SMILES string of the molecule is C=C(C)C(N)=NCc1cc(-c2ccc(C3CCC(CCCCC)CC3)cc2F)cc(CN=C(N)C(C)C)c1OCC([CH2-])CO[C-]=O.[U+2]. The summed E-state index contributed by atoms with van der Waals surface area (Å²) in [7, 11) is 0. The summed E-state index contributed by atoms with van der Waals surface area (Å²) in [6, 6.07) is 9.46. The van der Waals surface area contributed by atoms with Crippen molar-refractivity contribution in [2.75, 3.05) is 13.2 Å². The largest absolute Gasteiger partial charge is 2.00 e. The van der Waals surface area contributed by atoms with Gasteiger partial charge in [0.15, 0.2) is 0 Å². The molecule has 0 aliphatic heterocycles. The van der Waals surface area contributed by atoms with Crippen molar-refractivity contribution in [1.82, 2.24) is 0 Å². The first-order valence-electron chi connectivity index (χ1n) is 16.7. The summed E-state index contributed by atoms with van der Waals surface area (Å²) < 4.78 is 27.0. The molecule has 3 rings (SSSR count). The van der Waals surface area contributed by atoms with Crippen LogP contribution in [0.3, 0.4) is 0 Å². The number of hydrogen-bond donors (Lipinski definition) is 2. The first-order valence-corrected chi connectivity index (χ1v) is 16.7. The van der Waals surface area contributed by atoms with Gasteiger partial charge in [-0.3, -0.25) is 9.98 Å². The number of ether oxygens (including phenoxy) is 2. The number of aliphatic imine (C=N–C) groups is 2. The van der Waals surface area contributed by atoms with Gasteiger partial charge in [0.1, 0.15) is 17.4 Å². The fourth-order valence-electron chi connectivity index (χ4n) is 5.88. The Hall–Kier alpha value is -2.63. The van der Waals surface area contributed by atoms with Crippen molar-refractivity contribution >= 4 is 18.1 Å². The molecule has 1 fully saturated rings. The molecule has 9 heteroatoms. The van der Waals surface area contributed by atoms with E-state index in [9.17, 15) is 4.79 Å². The van der Waals surface area contributed by atoms with Crippen LogP contribution in [0.15, 0.2) is 52.5 Å². The standard InChI is InChI=1S/C38H53FN4O3.U/c1-7-8-9-10-28-11-13-29(14-12-28)30-15-16-34(35(39)19-30)31-17-32(20-42-37(40)25(2)3)36(46-23-27(6)22-45-24-44)33(18-31)21-43-38(41)26(4)5;/h15-19,26-29H,2,6-14,20-23H2,1,3-5H3,(H2,40,42)(H2,41,43);/q-2;+2. The first-order chi connectivity index (χ1) is 22.0. The molecule has 254 valence electrons. The average Bonchev–Trinajstić information content (AvgIpc) is 3.04. The van der Waals surface area contributed by atoms with E-state index in [2.05, 4.69) is 36.5 Å². The van der Waals surface area contributed by atoms with Gasteiger partial charge in [-0.05, 0) is 79.3 Å². The van der Waals surface area contributed by atoms with Gasteiger partial charge in [-0.25, -0.2) is 4.39 Å². The van der Waals surface area contributed by atoms with Crippen molar-refractivity contribution in [3.63, 3.8) is 0 Å². The molecule has 1 saturated carbocycles. The van der Waals surface area contributed by atoms with Crippen LogP contribution in [0.1, 0.15) is 102 Å². The van der Waals surface area contributed by atoms with Crippen LogP contribution in [0.4, 0.5) is 4.39 Å². The average molecular weight is 871 g/mol. The van der Waals surface area contributed by atoms with E-state index in [0.717, 1.165) is 29.9 Å². The maximum Gasteiger partial charge on any atom is 2.00 e. The van der Waals surface area contributed by atoms with Crippen LogP contribution >= 0.6 is 0 Å². The van der Waals surface area contributed by atoms with E-state index in [0.29, 0.717) is 45.6 Å². The van der Waals surface area contributed by atoms with Crippen LogP contribution in [0.2, 0.25) is 0 Å². The zero-order valence-corrected chi connectivity index (χ0v) is 32.9. The van der Waals surface area contributed by atoms with Crippen LogP contribution in [0.5, 0.6) is 5.75 Å². The maximum absolute atomic E-state index is 16.0. The Morgan fingerprint density at radius 2 is 1.72 bits per heavy atom. The van der Waals surface area contributed by atoms with Crippen LogP contribution in [0.25, 0.3) is 11.1 Å². The minimum atomic E-state index is -0.341. The van der Waals surface area contributed by atoms with Crippen molar-refractivity contribution in [3.05, 3.63) is 71.9 Å². The zero-order valence-electron chi connectivity index (χ0n) is 28.7. The zero-order chi connectivity index (χ0) is 33.6. The summed E-state index contributed by atoms with van der Waals surface area (Å²) in [6.07, 6.45) is 9.83. The Bertz CT molecular complexity index is 1370. The molecular weight excluding hydrogens is 817 g/mol. The normalized spacial score (nSPS) is 17.6. The van der Waals surface area contributed by atoms with E-state index in [1.165, 1.54) is 45.0 Å². The molecule has 0 aromatic heterocycles. The molecule has 0 heterocycles. The molecule has 2 aromatic rings. The van der Waals surface area contributed by atoms with Gasteiger partial charge in [-0.15, -0.1) is 5.92 Å². The summed E-state index contributed by atoms with van der Waals surface area (Å²) in [5, 5.41) is 0. The van der Waals surface area contributed by atoms with Crippen molar-refractivity contribution in [1.29, 1.82) is 0 Å². The van der Waals surface area contributed by atoms with Crippen LogP contribution < -0.4 is 16.2 Å². The van der Waals surface area contributed by atoms with Gasteiger partial charge in [0.25, 0.3) is 0 Å². The summed E-state index contributed by atoms with van der Waals surface area (Å²) in [5.74, 6) is 2.01. The Morgan fingerprint density at radius 3 is 2.30 bits per heavy atom. The number of benzene rings is 2. The number of unbranched alkanes of at least 4 members (excludes halogenated alkanes) is 2. The van der Waals surface area contributed by atoms with Gasteiger partial charge in [0.05, 0.1) is 25.5 Å². The maximum atomic E-state index is 16.0. The second kappa shape index (κ2) is 20.7. The molecule has 47 heavy (non-hydrogen) atoms. The predicted molar refractivity (Wildman–Crippen MR) is 187 cm³/mol. The molecule has 1 aliphatic carbocycles. The predicted octanol–water partition coefficient (Wildman–Crippen LogP) is 8.21. The van der Waals surface area contributed by atoms with Crippen LogP contribution in [-0.4, -0.2) is 31.4 Å².